The Balaban J connectivity index is 0. The first-order valence-electron chi connectivity index (χ1n) is 10.2. The molecule has 2 atom stereocenters. The van der Waals surface area contributed by atoms with Crippen LogP contribution < -0.4 is 0 Å². The first kappa shape index (κ1) is 25.2. The van der Waals surface area contributed by atoms with Crippen LogP contribution in [0, 0.1) is 11.8 Å². The number of aliphatic hydroxyl groups excluding tert-OH is 2. The van der Waals surface area contributed by atoms with E-state index in [4.69, 9.17) is 5.11 Å². The minimum Gasteiger partial charge on any atom is -0.393 e. The summed E-state index contributed by atoms with van der Waals surface area (Å²) >= 11 is 0. The number of hydrogen-bond donors (Lipinski definition) is 2. The molecule has 1 unspecified atom stereocenters. The van der Waals surface area contributed by atoms with Gasteiger partial charge in [0.2, 0.25) is 0 Å². The summed E-state index contributed by atoms with van der Waals surface area (Å²) in [5.74, 6) is 0.832. The number of aliphatic hydroxyl groups is 2. The van der Waals surface area contributed by atoms with Gasteiger partial charge < -0.3 is 10.2 Å². The van der Waals surface area contributed by atoms with Gasteiger partial charge >= 0.3 is 0 Å². The van der Waals surface area contributed by atoms with Crippen molar-refractivity contribution >= 4 is 0 Å². The Kier molecular flexibility index (Phi) is 20.0. The highest BCUT2D eigenvalue weighted by molar-refractivity contribution is 4.59. The number of hydrogen-bond acceptors (Lipinski definition) is 2. The molecule has 0 rings (SSSR count). The molecule has 0 spiro atoms. The van der Waals surface area contributed by atoms with Crippen molar-refractivity contribution in [3.63, 3.8) is 0 Å². The molecule has 2 N–H and O–H groups in total. The molecule has 0 aromatic heterocycles. The first-order valence-corrected chi connectivity index (χ1v) is 10.2. The average Bonchev–Trinajstić information content (AvgIpc) is 2.49. The van der Waals surface area contributed by atoms with Gasteiger partial charge in [0.25, 0.3) is 0 Å². The van der Waals surface area contributed by atoms with Crippen molar-refractivity contribution in [3.8, 4) is 0 Å². The van der Waals surface area contributed by atoms with Crippen LogP contribution in [0.2, 0.25) is 0 Å². The van der Waals surface area contributed by atoms with Crippen LogP contribution in [0.1, 0.15) is 112 Å². The zero-order valence-corrected chi connectivity index (χ0v) is 17.0. The summed E-state index contributed by atoms with van der Waals surface area (Å²) in [5.41, 5.74) is 0. The maximum absolute atomic E-state index is 9.65. The molecular weight excluding hydrogens is 284 g/mol. The van der Waals surface area contributed by atoms with Crippen LogP contribution in [0.5, 0.6) is 0 Å². The first-order chi connectivity index (χ1) is 10.8. The lowest BCUT2D eigenvalue weighted by atomic mass is 10.00. The Labute approximate surface area is 147 Å². The highest BCUT2D eigenvalue weighted by Crippen LogP contribution is 2.14. The molecule has 0 fully saturated rings. The second kappa shape index (κ2) is 18.3. The van der Waals surface area contributed by atoms with E-state index in [1.165, 1.54) is 64.2 Å². The van der Waals surface area contributed by atoms with Crippen molar-refractivity contribution in [2.45, 2.75) is 124 Å². The summed E-state index contributed by atoms with van der Waals surface area (Å²) in [6.45, 7) is 12.2. The summed E-state index contributed by atoms with van der Waals surface area (Å²) < 4.78 is 0. The smallest absolute Gasteiger partial charge is 0.0563 e. The Bertz CT molecular complexity index is 206. The van der Waals surface area contributed by atoms with Gasteiger partial charge in [-0.05, 0) is 25.2 Å². The zero-order chi connectivity index (χ0) is 18.1. The molecule has 0 radical (unpaired) electrons. The van der Waals surface area contributed by atoms with E-state index in [9.17, 15) is 5.11 Å². The predicted octanol–water partition coefficient (Wildman–Crippen LogP) is 6.34. The lowest BCUT2D eigenvalue weighted by molar-refractivity contribution is 0.113. The molecule has 0 aliphatic rings. The summed E-state index contributed by atoms with van der Waals surface area (Å²) in [4.78, 5) is 0. The molecule has 23 heavy (non-hydrogen) atoms. The molecule has 0 heterocycles. The van der Waals surface area contributed by atoms with Gasteiger partial charge in [-0.2, -0.15) is 0 Å². The third-order valence-corrected chi connectivity index (χ3v) is 4.59. The molecule has 0 amide bonds. The third-order valence-electron chi connectivity index (χ3n) is 4.59. The van der Waals surface area contributed by atoms with Crippen LogP contribution in [0.3, 0.4) is 0 Å². The lowest BCUT2D eigenvalue weighted by Crippen LogP contribution is -2.13. The number of rotatable bonds is 13. The fourth-order valence-corrected chi connectivity index (χ4v) is 2.17. The summed E-state index contributed by atoms with van der Waals surface area (Å²) in [6, 6.07) is 0. The molecule has 0 aliphatic heterocycles. The van der Waals surface area contributed by atoms with Gasteiger partial charge in [0, 0.05) is 0 Å². The van der Waals surface area contributed by atoms with Crippen molar-refractivity contribution in [2.75, 3.05) is 0 Å². The number of unbranched alkanes of at least 4 members (excludes halogenated alkanes) is 9. The van der Waals surface area contributed by atoms with E-state index in [1.54, 1.807) is 6.92 Å². The molecule has 142 valence electrons. The molecule has 0 bridgehead atoms. The Morgan fingerprint density at radius 1 is 0.565 bits per heavy atom. The Morgan fingerprint density at radius 2 is 0.913 bits per heavy atom. The lowest BCUT2D eigenvalue weighted by Gasteiger charge is -2.13. The van der Waals surface area contributed by atoms with E-state index < -0.39 is 0 Å². The van der Waals surface area contributed by atoms with E-state index in [0.717, 1.165) is 6.42 Å². The minimum atomic E-state index is -0.148. The molecule has 2 nitrogen and oxygen atoms in total. The fraction of sp³-hybridized carbons (Fsp3) is 1.00. The Morgan fingerprint density at radius 3 is 1.22 bits per heavy atom. The normalized spacial score (nSPS) is 13.8. The van der Waals surface area contributed by atoms with Crippen LogP contribution in [0.15, 0.2) is 0 Å². The van der Waals surface area contributed by atoms with Crippen LogP contribution >= 0.6 is 0 Å². The van der Waals surface area contributed by atoms with Crippen LogP contribution in [0.25, 0.3) is 0 Å². The van der Waals surface area contributed by atoms with Crippen molar-refractivity contribution in [2.24, 2.45) is 11.8 Å². The highest BCUT2D eigenvalue weighted by Gasteiger charge is 2.07. The zero-order valence-electron chi connectivity index (χ0n) is 17.0. The summed E-state index contributed by atoms with van der Waals surface area (Å²) in [5, 5.41) is 18.3. The van der Waals surface area contributed by atoms with E-state index in [1.807, 2.05) is 13.8 Å². The Hall–Kier alpha value is -0.0800. The molecular formula is C21H46O2. The predicted molar refractivity (Wildman–Crippen MR) is 104 cm³/mol. The molecule has 0 saturated carbocycles. The van der Waals surface area contributed by atoms with Gasteiger partial charge in [-0.3, -0.25) is 0 Å². The van der Waals surface area contributed by atoms with Gasteiger partial charge in [-0.15, -0.1) is 0 Å². The molecule has 0 saturated heterocycles. The van der Waals surface area contributed by atoms with Crippen molar-refractivity contribution in [1.29, 1.82) is 0 Å². The van der Waals surface area contributed by atoms with Crippen LogP contribution in [-0.2, 0) is 0 Å². The third kappa shape index (κ3) is 21.9. The standard InChI is InChI=1S/C16H34O.C5H12O/c1-4-5-6-7-8-9-10-11-12-13-14-16(17)15(2)3;1-4(2)5(3)6/h15-17H,4-14H2,1-3H3;4-6H,1-3H3/t;5-/m.0/s1. The monoisotopic (exact) mass is 330 g/mol. The van der Waals surface area contributed by atoms with Crippen molar-refractivity contribution in [1.82, 2.24) is 0 Å². The van der Waals surface area contributed by atoms with Crippen LogP contribution in [0.4, 0.5) is 0 Å². The summed E-state index contributed by atoms with van der Waals surface area (Å²) in [6.07, 6.45) is 14.5. The van der Waals surface area contributed by atoms with Gasteiger partial charge in [-0.1, -0.05) is 98.8 Å². The second-order valence-electron chi connectivity index (χ2n) is 7.77. The molecule has 2 heteroatoms. The molecule has 0 aromatic rings. The topological polar surface area (TPSA) is 40.5 Å². The van der Waals surface area contributed by atoms with Gasteiger partial charge in [0.05, 0.1) is 12.2 Å². The minimum absolute atomic E-state index is 0.0796. The fourth-order valence-electron chi connectivity index (χ4n) is 2.17. The highest BCUT2D eigenvalue weighted by atomic mass is 16.3. The van der Waals surface area contributed by atoms with E-state index in [0.29, 0.717) is 11.8 Å². The summed E-state index contributed by atoms with van der Waals surface area (Å²) in [7, 11) is 0. The van der Waals surface area contributed by atoms with Gasteiger partial charge in [-0.25, -0.2) is 0 Å². The molecule has 0 aliphatic carbocycles. The van der Waals surface area contributed by atoms with Gasteiger partial charge in [0.1, 0.15) is 0 Å². The largest absolute Gasteiger partial charge is 0.393 e. The average molecular weight is 331 g/mol. The second-order valence-corrected chi connectivity index (χ2v) is 7.77. The van der Waals surface area contributed by atoms with E-state index in [-0.39, 0.29) is 12.2 Å². The maximum Gasteiger partial charge on any atom is 0.0563 e. The van der Waals surface area contributed by atoms with Crippen molar-refractivity contribution < 1.29 is 10.2 Å². The quantitative estimate of drug-likeness (QED) is 0.387. The van der Waals surface area contributed by atoms with Crippen molar-refractivity contribution in [3.05, 3.63) is 0 Å². The van der Waals surface area contributed by atoms with Gasteiger partial charge in [0.15, 0.2) is 0 Å². The maximum atomic E-state index is 9.65. The van der Waals surface area contributed by atoms with E-state index in [2.05, 4.69) is 20.8 Å². The van der Waals surface area contributed by atoms with E-state index >= 15 is 0 Å². The SMILES string of the molecule is CC(C)[C@H](C)O.CCCCCCCCCCCCC(O)C(C)C. The van der Waals surface area contributed by atoms with Crippen LogP contribution in [-0.4, -0.2) is 22.4 Å². The molecule has 0 aromatic carbocycles.